The second-order valence-electron chi connectivity index (χ2n) is 6.19. The molecular weight excluding hydrogens is 510 g/mol. The van der Waals surface area contributed by atoms with E-state index in [1.54, 1.807) is 0 Å². The first-order chi connectivity index (χ1) is 11.9. The molecule has 11 heteroatoms. The number of hydrogen-bond donors (Lipinski definition) is 0. The van der Waals surface area contributed by atoms with Gasteiger partial charge in [0.1, 0.15) is 9.75 Å². The van der Waals surface area contributed by atoms with Crippen molar-refractivity contribution < 1.29 is 9.59 Å². The Bertz CT molecular complexity index is 884. The van der Waals surface area contributed by atoms with Crippen molar-refractivity contribution in [1.82, 2.24) is 0 Å². The summed E-state index contributed by atoms with van der Waals surface area (Å²) in [4.78, 5) is 23.5. The van der Waals surface area contributed by atoms with Crippen molar-refractivity contribution >= 4 is 110 Å². The Morgan fingerprint density at radius 2 is 1.23 bits per heavy atom. The zero-order valence-corrected chi connectivity index (χ0v) is 18.2. The number of carbonyl (C=O) groups excluding carboxylic acids is 2. The molecule has 3 aliphatic rings. The molecule has 4 atom stereocenters. The topological polar surface area (TPSA) is 37.4 Å². The number of rotatable bonds is 1. The maximum Gasteiger partial charge on any atom is 0.240 e. The monoisotopic (exact) mass is 511 g/mol. The van der Waals surface area contributed by atoms with Crippen molar-refractivity contribution in [2.75, 3.05) is 4.90 Å². The molecular formula is C15H5Cl8NO2. The number of fused-ring (bicyclic) bond motifs is 5. The minimum Gasteiger partial charge on any atom is -0.274 e. The smallest absolute Gasteiger partial charge is 0.240 e. The fourth-order valence-electron chi connectivity index (χ4n) is 3.87. The summed E-state index contributed by atoms with van der Waals surface area (Å²) in [5.74, 6) is -3.67. The van der Waals surface area contributed by atoms with E-state index in [9.17, 15) is 9.59 Å². The first-order valence-corrected chi connectivity index (χ1v) is 10.1. The number of carbonyl (C=O) groups is 2. The molecule has 3 nitrogen and oxygen atoms in total. The number of alkyl halides is 4. The minimum atomic E-state index is -1.96. The van der Waals surface area contributed by atoms with Gasteiger partial charge in [-0.25, -0.2) is 4.90 Å². The predicted molar refractivity (Wildman–Crippen MR) is 106 cm³/mol. The molecule has 2 fully saturated rings. The molecule has 0 unspecified atom stereocenters. The molecule has 2 amide bonds. The number of allylic oxidation sites excluding steroid dienone is 2. The van der Waals surface area contributed by atoms with E-state index >= 15 is 0 Å². The Morgan fingerprint density at radius 1 is 0.769 bits per heavy atom. The van der Waals surface area contributed by atoms with Gasteiger partial charge in [-0.3, -0.25) is 9.59 Å². The van der Waals surface area contributed by atoms with Crippen molar-refractivity contribution in [3.05, 3.63) is 38.3 Å². The van der Waals surface area contributed by atoms with Gasteiger partial charge in [-0.15, -0.1) is 23.2 Å². The molecule has 2 aliphatic carbocycles. The molecule has 1 aromatic rings. The lowest BCUT2D eigenvalue weighted by atomic mass is 9.84. The van der Waals surface area contributed by atoms with E-state index in [2.05, 4.69) is 0 Å². The van der Waals surface area contributed by atoms with Crippen LogP contribution in [0.2, 0.25) is 10.0 Å². The summed E-state index contributed by atoms with van der Waals surface area (Å²) in [6.07, 6.45) is 0. The molecule has 0 spiro atoms. The zero-order valence-electron chi connectivity index (χ0n) is 12.2. The Balaban J connectivity index is 1.90. The zero-order chi connectivity index (χ0) is 19.4. The van der Waals surface area contributed by atoms with Gasteiger partial charge >= 0.3 is 0 Å². The second-order valence-corrected chi connectivity index (χ2v) is 10.3. The molecule has 1 heterocycles. The van der Waals surface area contributed by atoms with Gasteiger partial charge in [-0.2, -0.15) is 0 Å². The average molecular weight is 515 g/mol. The third-order valence-corrected chi connectivity index (χ3v) is 10.1. The highest BCUT2D eigenvalue weighted by molar-refractivity contribution is 6.67. The van der Waals surface area contributed by atoms with Crippen molar-refractivity contribution in [2.24, 2.45) is 11.8 Å². The van der Waals surface area contributed by atoms with Gasteiger partial charge in [0.15, 0.2) is 4.33 Å². The molecule has 4 rings (SSSR count). The van der Waals surface area contributed by atoms with Gasteiger partial charge in [-0.05, 0) is 18.2 Å². The minimum absolute atomic E-state index is 0.140. The summed E-state index contributed by atoms with van der Waals surface area (Å²) in [5, 5.41) is 0.160. The van der Waals surface area contributed by atoms with E-state index in [0.717, 1.165) is 4.90 Å². The Hall–Kier alpha value is 0.420. The largest absolute Gasteiger partial charge is 0.274 e. The van der Waals surface area contributed by atoms with Crippen LogP contribution < -0.4 is 4.90 Å². The molecule has 1 aromatic carbocycles. The Labute approximate surface area is 188 Å². The molecule has 1 saturated carbocycles. The van der Waals surface area contributed by atoms with E-state index in [0.29, 0.717) is 0 Å². The lowest BCUT2D eigenvalue weighted by Gasteiger charge is -2.34. The van der Waals surface area contributed by atoms with Crippen LogP contribution in [-0.4, -0.2) is 25.9 Å². The summed E-state index contributed by atoms with van der Waals surface area (Å²) in [6, 6.07) is 4.32. The number of anilines is 1. The number of halogens is 8. The van der Waals surface area contributed by atoms with E-state index in [1.165, 1.54) is 18.2 Å². The van der Waals surface area contributed by atoms with Gasteiger partial charge in [0, 0.05) is 0 Å². The van der Waals surface area contributed by atoms with Gasteiger partial charge in [0.2, 0.25) is 11.8 Å². The normalized spacial score (nSPS) is 37.8. The van der Waals surface area contributed by atoms with E-state index in [1.807, 2.05) is 0 Å². The van der Waals surface area contributed by atoms with Gasteiger partial charge in [-0.1, -0.05) is 69.6 Å². The van der Waals surface area contributed by atoms with Crippen LogP contribution in [0.5, 0.6) is 0 Å². The number of amides is 2. The Morgan fingerprint density at radius 3 is 1.65 bits per heavy atom. The number of imide groups is 1. The molecule has 0 radical (unpaired) electrons. The predicted octanol–water partition coefficient (Wildman–Crippen LogP) is 5.94. The Kier molecular flexibility index (Phi) is 4.35. The van der Waals surface area contributed by atoms with Crippen molar-refractivity contribution in [2.45, 2.75) is 14.1 Å². The third kappa shape index (κ3) is 1.92. The summed E-state index contributed by atoms with van der Waals surface area (Å²) < 4.78 is -1.96. The van der Waals surface area contributed by atoms with Gasteiger partial charge in [0.05, 0.1) is 37.6 Å². The third-order valence-electron chi connectivity index (χ3n) is 5.07. The maximum atomic E-state index is 13.1. The fourth-order valence-corrected chi connectivity index (χ4v) is 7.10. The number of nitrogens with zero attached hydrogens (tertiary/aromatic N) is 1. The molecule has 1 aliphatic heterocycles. The lowest BCUT2D eigenvalue weighted by molar-refractivity contribution is -0.123. The molecule has 0 aromatic heterocycles. The molecule has 26 heavy (non-hydrogen) atoms. The van der Waals surface area contributed by atoms with Crippen molar-refractivity contribution in [1.29, 1.82) is 0 Å². The van der Waals surface area contributed by atoms with Crippen LogP contribution in [0.3, 0.4) is 0 Å². The van der Waals surface area contributed by atoms with Gasteiger partial charge in [0.25, 0.3) is 0 Å². The quantitative estimate of drug-likeness (QED) is 0.343. The highest BCUT2D eigenvalue weighted by Gasteiger charge is 2.87. The average Bonchev–Trinajstić information content (AvgIpc) is 2.95. The maximum absolute atomic E-state index is 13.1. The molecule has 1 saturated heterocycles. The van der Waals surface area contributed by atoms with E-state index < -0.39 is 37.7 Å². The van der Waals surface area contributed by atoms with Crippen LogP contribution in [-0.2, 0) is 9.59 Å². The van der Waals surface area contributed by atoms with Crippen LogP contribution in [0.1, 0.15) is 0 Å². The van der Waals surface area contributed by atoms with Crippen LogP contribution in [0.25, 0.3) is 0 Å². The van der Waals surface area contributed by atoms with E-state index in [4.69, 9.17) is 92.8 Å². The first kappa shape index (κ1) is 19.7. The van der Waals surface area contributed by atoms with Crippen LogP contribution in [0.15, 0.2) is 28.3 Å². The van der Waals surface area contributed by atoms with Crippen LogP contribution >= 0.6 is 92.8 Å². The second kappa shape index (κ2) is 5.73. The standard InChI is InChI=1S/C15H5Cl8NO2/c16-5-2-1-4(3-6(5)17)24-11(25)7-8(12(24)26)14(21)10(19)9(18)13(7,20)15(14,22)23/h1-3,7-8H/t7-,8+,13+,14-. The highest BCUT2D eigenvalue weighted by atomic mass is 35.5. The SMILES string of the molecule is O=C1[C@@H]2[C@H](C(=O)N1c1ccc(Cl)c(Cl)c1)[C@]1(Cl)C(Cl)=C(Cl)[C@@]2(Cl)C1(Cl)Cl. The summed E-state index contributed by atoms with van der Waals surface area (Å²) in [7, 11) is 0. The summed E-state index contributed by atoms with van der Waals surface area (Å²) >= 11 is 50.4. The van der Waals surface area contributed by atoms with Gasteiger partial charge < -0.3 is 0 Å². The fraction of sp³-hybridized carbons (Fsp3) is 0.333. The van der Waals surface area contributed by atoms with Crippen molar-refractivity contribution in [3.8, 4) is 0 Å². The summed E-state index contributed by atoms with van der Waals surface area (Å²) in [5.41, 5.74) is 0.214. The highest BCUT2D eigenvalue weighted by Crippen LogP contribution is 2.77. The molecule has 2 bridgehead atoms. The number of benzene rings is 1. The summed E-state index contributed by atoms with van der Waals surface area (Å²) in [6.45, 7) is 0. The van der Waals surface area contributed by atoms with Crippen LogP contribution in [0, 0.1) is 11.8 Å². The molecule has 0 N–H and O–H groups in total. The molecule has 138 valence electrons. The van der Waals surface area contributed by atoms with E-state index in [-0.39, 0.29) is 25.8 Å². The first-order valence-electron chi connectivity index (χ1n) is 7.07. The van der Waals surface area contributed by atoms with Crippen LogP contribution in [0.4, 0.5) is 5.69 Å². The van der Waals surface area contributed by atoms with Crippen molar-refractivity contribution in [3.63, 3.8) is 0 Å². The lowest BCUT2D eigenvalue weighted by Crippen LogP contribution is -2.50. The number of hydrogen-bond acceptors (Lipinski definition) is 2.